The van der Waals surface area contributed by atoms with Gasteiger partial charge in [0, 0.05) is 29.7 Å². The van der Waals surface area contributed by atoms with E-state index in [2.05, 4.69) is 11.2 Å². The van der Waals surface area contributed by atoms with Gasteiger partial charge >= 0.3 is 0 Å². The SMILES string of the molecule is C#Cc1cccc(NC(=O)CN(C)C(=O)CCCOc2ccc(Cl)cc2Cl)c1. The highest BCUT2D eigenvalue weighted by molar-refractivity contribution is 6.35. The molecule has 0 aromatic heterocycles. The van der Waals surface area contributed by atoms with Crippen LogP contribution in [-0.2, 0) is 9.59 Å². The zero-order chi connectivity index (χ0) is 20.5. The zero-order valence-corrected chi connectivity index (χ0v) is 16.9. The van der Waals surface area contributed by atoms with E-state index in [1.807, 2.05) is 0 Å². The van der Waals surface area contributed by atoms with Crippen LogP contribution >= 0.6 is 23.2 Å². The third-order valence-electron chi connectivity index (χ3n) is 3.81. The molecule has 0 bridgehead atoms. The summed E-state index contributed by atoms with van der Waals surface area (Å²) in [5.41, 5.74) is 1.26. The van der Waals surface area contributed by atoms with Gasteiger partial charge in [0.1, 0.15) is 5.75 Å². The first-order chi connectivity index (χ1) is 13.4. The van der Waals surface area contributed by atoms with Crippen LogP contribution in [0.5, 0.6) is 5.75 Å². The Balaban J connectivity index is 1.73. The Hall–Kier alpha value is -2.68. The number of halogens is 2. The lowest BCUT2D eigenvalue weighted by Gasteiger charge is -2.17. The maximum absolute atomic E-state index is 12.2. The van der Waals surface area contributed by atoms with Crippen molar-refractivity contribution in [3.05, 3.63) is 58.1 Å². The molecule has 1 N–H and O–H groups in total. The minimum Gasteiger partial charge on any atom is -0.492 e. The van der Waals surface area contributed by atoms with E-state index in [0.29, 0.717) is 40.1 Å². The minimum atomic E-state index is -0.297. The van der Waals surface area contributed by atoms with Crippen LogP contribution in [0.1, 0.15) is 18.4 Å². The molecule has 0 unspecified atom stereocenters. The molecule has 0 atom stereocenters. The number of rotatable bonds is 8. The van der Waals surface area contributed by atoms with E-state index in [-0.39, 0.29) is 24.8 Å². The van der Waals surface area contributed by atoms with Gasteiger partial charge in [0.2, 0.25) is 11.8 Å². The van der Waals surface area contributed by atoms with Crippen molar-refractivity contribution in [2.75, 3.05) is 25.5 Å². The van der Waals surface area contributed by atoms with Crippen molar-refractivity contribution in [3.8, 4) is 18.1 Å². The van der Waals surface area contributed by atoms with E-state index in [4.69, 9.17) is 34.4 Å². The lowest BCUT2D eigenvalue weighted by Crippen LogP contribution is -2.35. The van der Waals surface area contributed by atoms with Gasteiger partial charge in [0.05, 0.1) is 18.2 Å². The average Bonchev–Trinajstić information content (AvgIpc) is 2.66. The van der Waals surface area contributed by atoms with Gasteiger partial charge in [-0.25, -0.2) is 0 Å². The summed E-state index contributed by atoms with van der Waals surface area (Å²) in [5.74, 6) is 2.57. The number of benzene rings is 2. The molecule has 0 spiro atoms. The topological polar surface area (TPSA) is 58.6 Å². The monoisotopic (exact) mass is 418 g/mol. The van der Waals surface area contributed by atoms with Gasteiger partial charge in [-0.05, 0) is 42.8 Å². The van der Waals surface area contributed by atoms with E-state index in [1.54, 1.807) is 49.5 Å². The fourth-order valence-corrected chi connectivity index (χ4v) is 2.84. The van der Waals surface area contributed by atoms with Gasteiger partial charge in [0.15, 0.2) is 0 Å². The molecule has 2 aromatic rings. The van der Waals surface area contributed by atoms with Crippen LogP contribution in [0.15, 0.2) is 42.5 Å². The Morgan fingerprint density at radius 2 is 2.00 bits per heavy atom. The highest BCUT2D eigenvalue weighted by Gasteiger charge is 2.13. The first-order valence-corrected chi connectivity index (χ1v) is 9.33. The smallest absolute Gasteiger partial charge is 0.243 e. The first-order valence-electron chi connectivity index (χ1n) is 8.57. The maximum atomic E-state index is 12.2. The molecule has 2 rings (SSSR count). The summed E-state index contributed by atoms with van der Waals surface area (Å²) >= 11 is 11.9. The molecule has 28 heavy (non-hydrogen) atoms. The van der Waals surface area contributed by atoms with E-state index in [9.17, 15) is 9.59 Å². The van der Waals surface area contributed by atoms with Crippen molar-refractivity contribution in [2.45, 2.75) is 12.8 Å². The number of hydrogen-bond donors (Lipinski definition) is 1. The molecule has 0 fully saturated rings. The van der Waals surface area contributed by atoms with Crippen molar-refractivity contribution in [3.63, 3.8) is 0 Å². The molecule has 0 aliphatic rings. The van der Waals surface area contributed by atoms with Gasteiger partial charge in [-0.15, -0.1) is 6.42 Å². The van der Waals surface area contributed by atoms with Gasteiger partial charge in [-0.3, -0.25) is 9.59 Å². The second-order valence-electron chi connectivity index (χ2n) is 6.05. The fraction of sp³-hybridized carbons (Fsp3) is 0.238. The molecule has 146 valence electrons. The summed E-state index contributed by atoms with van der Waals surface area (Å²) in [7, 11) is 1.58. The zero-order valence-electron chi connectivity index (χ0n) is 15.4. The van der Waals surface area contributed by atoms with Crippen molar-refractivity contribution >= 4 is 40.7 Å². The molecular formula is C21H20Cl2N2O3. The second-order valence-corrected chi connectivity index (χ2v) is 6.89. The molecule has 0 aliphatic carbocycles. The number of nitrogens with one attached hydrogen (secondary N) is 1. The Bertz CT molecular complexity index is 893. The first kappa shape index (κ1) is 21.6. The second kappa shape index (κ2) is 10.6. The number of nitrogens with zero attached hydrogens (tertiary/aromatic N) is 1. The third kappa shape index (κ3) is 6.80. The van der Waals surface area contributed by atoms with Crippen LogP contribution < -0.4 is 10.1 Å². The molecule has 0 heterocycles. The van der Waals surface area contributed by atoms with Crippen molar-refractivity contribution in [2.24, 2.45) is 0 Å². The summed E-state index contributed by atoms with van der Waals surface area (Å²) in [6, 6.07) is 11.9. The predicted molar refractivity (Wildman–Crippen MR) is 112 cm³/mol. The summed E-state index contributed by atoms with van der Waals surface area (Å²) in [6.45, 7) is 0.273. The number of hydrogen-bond acceptors (Lipinski definition) is 3. The Kier molecular flexibility index (Phi) is 8.19. The van der Waals surface area contributed by atoms with Crippen LogP contribution in [0.4, 0.5) is 5.69 Å². The summed E-state index contributed by atoms with van der Waals surface area (Å²) < 4.78 is 5.55. The largest absolute Gasteiger partial charge is 0.492 e. The standard InChI is InChI=1S/C21H20Cl2N2O3/c1-3-15-6-4-7-17(12-15)24-20(26)14-25(2)21(27)8-5-11-28-19-10-9-16(22)13-18(19)23/h1,4,6-7,9-10,12-13H,5,8,11,14H2,2H3,(H,24,26). The highest BCUT2D eigenvalue weighted by Crippen LogP contribution is 2.27. The summed E-state index contributed by atoms with van der Waals surface area (Å²) in [5, 5.41) is 3.67. The van der Waals surface area contributed by atoms with Crippen molar-refractivity contribution < 1.29 is 14.3 Å². The van der Waals surface area contributed by atoms with Crippen LogP contribution in [0.25, 0.3) is 0 Å². The van der Waals surface area contributed by atoms with Gasteiger partial charge in [-0.1, -0.05) is 35.2 Å². The molecule has 0 aliphatic heterocycles. The molecule has 2 aromatic carbocycles. The number of ether oxygens (including phenoxy) is 1. The van der Waals surface area contributed by atoms with Gasteiger partial charge in [0.25, 0.3) is 0 Å². The number of anilines is 1. The van der Waals surface area contributed by atoms with Gasteiger partial charge < -0.3 is 15.0 Å². The summed E-state index contributed by atoms with van der Waals surface area (Å²) in [6.07, 6.45) is 6.09. The molecule has 5 nitrogen and oxygen atoms in total. The number of terminal acetylenes is 1. The lowest BCUT2D eigenvalue weighted by molar-refractivity contribution is -0.133. The van der Waals surface area contributed by atoms with Gasteiger partial charge in [-0.2, -0.15) is 0 Å². The minimum absolute atomic E-state index is 0.0526. The Labute approximate surface area is 174 Å². The third-order valence-corrected chi connectivity index (χ3v) is 4.34. The van der Waals surface area contributed by atoms with E-state index in [1.165, 1.54) is 4.90 Å². The molecule has 7 heteroatoms. The van der Waals surface area contributed by atoms with Crippen molar-refractivity contribution in [1.29, 1.82) is 0 Å². The van der Waals surface area contributed by atoms with E-state index in [0.717, 1.165) is 0 Å². The molecule has 0 saturated heterocycles. The maximum Gasteiger partial charge on any atom is 0.243 e. The Morgan fingerprint density at radius 3 is 2.71 bits per heavy atom. The predicted octanol–water partition coefficient (Wildman–Crippen LogP) is 4.23. The van der Waals surface area contributed by atoms with E-state index < -0.39 is 0 Å². The number of carbonyl (C=O) groups excluding carboxylic acids is 2. The van der Waals surface area contributed by atoms with Crippen LogP contribution in [0.3, 0.4) is 0 Å². The molecule has 2 amide bonds. The van der Waals surface area contributed by atoms with Crippen molar-refractivity contribution in [1.82, 2.24) is 4.90 Å². The lowest BCUT2D eigenvalue weighted by atomic mass is 10.2. The summed E-state index contributed by atoms with van der Waals surface area (Å²) in [4.78, 5) is 25.6. The van der Waals surface area contributed by atoms with Crippen LogP contribution in [-0.4, -0.2) is 36.9 Å². The quantitative estimate of drug-likeness (QED) is 0.515. The van der Waals surface area contributed by atoms with Crippen LogP contribution in [0, 0.1) is 12.3 Å². The number of amides is 2. The van der Waals surface area contributed by atoms with Crippen LogP contribution in [0.2, 0.25) is 10.0 Å². The normalized spacial score (nSPS) is 10.1. The number of likely N-dealkylation sites (N-methyl/N-ethyl adjacent to an activating group) is 1. The Morgan fingerprint density at radius 1 is 1.21 bits per heavy atom. The average molecular weight is 419 g/mol. The van der Waals surface area contributed by atoms with E-state index >= 15 is 0 Å². The molecule has 0 radical (unpaired) electrons. The molecular weight excluding hydrogens is 399 g/mol. The fourth-order valence-electron chi connectivity index (χ4n) is 2.38. The number of carbonyl (C=O) groups is 2. The molecule has 0 saturated carbocycles. The highest BCUT2D eigenvalue weighted by atomic mass is 35.5.